The molecule has 4 rings (SSSR count). The zero-order chi connectivity index (χ0) is 19.5. The highest BCUT2D eigenvalue weighted by Gasteiger charge is 2.19. The van der Waals surface area contributed by atoms with E-state index in [-0.39, 0.29) is 5.78 Å². The zero-order valence-corrected chi connectivity index (χ0v) is 17.2. The largest absolute Gasteiger partial charge is 0.469 e. The molecule has 0 aliphatic carbocycles. The molecule has 0 amide bonds. The summed E-state index contributed by atoms with van der Waals surface area (Å²) in [6.07, 6.45) is 1.65. The molecule has 0 aliphatic rings. The molecule has 0 atom stereocenters. The maximum atomic E-state index is 12.5. The number of aromatic nitrogens is 3. The first-order valence-electron chi connectivity index (χ1n) is 8.86. The normalized spacial score (nSPS) is 11.1. The third-order valence-corrected chi connectivity index (χ3v) is 6.36. The van der Waals surface area contributed by atoms with Crippen LogP contribution in [0.5, 0.6) is 0 Å². The van der Waals surface area contributed by atoms with Gasteiger partial charge in [-0.15, -0.1) is 21.5 Å². The Morgan fingerprint density at radius 1 is 1.11 bits per heavy atom. The van der Waals surface area contributed by atoms with Gasteiger partial charge in [-0.3, -0.25) is 9.36 Å². The number of rotatable bonds is 7. The molecule has 142 valence electrons. The van der Waals surface area contributed by atoms with Crippen LogP contribution in [0.1, 0.15) is 25.9 Å². The fraction of sp³-hybridized carbons (Fsp3) is 0.190. The van der Waals surface area contributed by atoms with Crippen molar-refractivity contribution in [2.75, 3.05) is 5.75 Å². The van der Waals surface area contributed by atoms with Crippen LogP contribution in [0.25, 0.3) is 11.4 Å². The van der Waals surface area contributed by atoms with Gasteiger partial charge in [0.15, 0.2) is 16.8 Å². The number of hydrogen-bond donors (Lipinski definition) is 0. The number of nitrogens with zero attached hydrogens (tertiary/aromatic N) is 3. The molecule has 5 nitrogen and oxygen atoms in total. The minimum Gasteiger partial charge on any atom is -0.469 e. The molecule has 0 N–H and O–H groups in total. The summed E-state index contributed by atoms with van der Waals surface area (Å²) in [7, 11) is 0. The number of ketones is 1. The van der Waals surface area contributed by atoms with Gasteiger partial charge in [-0.1, -0.05) is 42.1 Å². The number of carbonyl (C=O) groups is 1. The topological polar surface area (TPSA) is 60.9 Å². The molecular weight excluding hydrogens is 390 g/mol. The Kier molecular flexibility index (Phi) is 5.45. The van der Waals surface area contributed by atoms with E-state index < -0.39 is 0 Å². The van der Waals surface area contributed by atoms with Gasteiger partial charge in [0, 0.05) is 4.88 Å². The van der Waals surface area contributed by atoms with Crippen molar-refractivity contribution < 1.29 is 9.21 Å². The molecule has 0 unspecified atom stereocenters. The lowest BCUT2D eigenvalue weighted by atomic mass is 10.2. The van der Waals surface area contributed by atoms with Gasteiger partial charge < -0.3 is 4.42 Å². The van der Waals surface area contributed by atoms with Crippen LogP contribution in [0, 0.1) is 13.8 Å². The smallest absolute Gasteiger partial charge is 0.192 e. The molecule has 0 saturated heterocycles. The molecule has 0 radical (unpaired) electrons. The highest BCUT2D eigenvalue weighted by atomic mass is 32.2. The molecular formula is C21H19N3O2S2. The Bertz CT molecular complexity index is 1100. The van der Waals surface area contributed by atoms with Crippen LogP contribution in [0.4, 0.5) is 0 Å². The van der Waals surface area contributed by atoms with Crippen LogP contribution in [0.15, 0.2) is 64.4 Å². The van der Waals surface area contributed by atoms with E-state index in [1.54, 1.807) is 6.26 Å². The second kappa shape index (κ2) is 8.16. The quantitative estimate of drug-likeness (QED) is 0.309. The number of hydrogen-bond acceptors (Lipinski definition) is 6. The van der Waals surface area contributed by atoms with Gasteiger partial charge in [-0.25, -0.2) is 0 Å². The number of Topliss-reactive ketones (excluding diaryl/α,β-unsaturated/α-hetero) is 1. The van der Waals surface area contributed by atoms with E-state index in [1.165, 1.54) is 23.1 Å². The van der Waals surface area contributed by atoms with Gasteiger partial charge in [-0.05, 0) is 37.6 Å². The van der Waals surface area contributed by atoms with E-state index in [0.717, 1.165) is 37.6 Å². The van der Waals surface area contributed by atoms with Crippen molar-refractivity contribution in [2.45, 2.75) is 25.5 Å². The number of furan rings is 1. The van der Waals surface area contributed by atoms with E-state index in [9.17, 15) is 4.79 Å². The lowest BCUT2D eigenvalue weighted by molar-refractivity contribution is 0.102. The summed E-state index contributed by atoms with van der Waals surface area (Å²) in [5.74, 6) is 1.98. The number of benzene rings is 1. The van der Waals surface area contributed by atoms with Crippen LogP contribution in [0.2, 0.25) is 0 Å². The lowest BCUT2D eigenvalue weighted by Gasteiger charge is -2.10. The molecule has 0 aliphatic heterocycles. The average molecular weight is 410 g/mol. The molecule has 1 aromatic carbocycles. The number of thiophene rings is 1. The van der Waals surface area contributed by atoms with Crippen LogP contribution in [0.3, 0.4) is 0 Å². The van der Waals surface area contributed by atoms with E-state index in [4.69, 9.17) is 4.42 Å². The van der Waals surface area contributed by atoms with Gasteiger partial charge in [0.2, 0.25) is 0 Å². The van der Waals surface area contributed by atoms with Crippen molar-refractivity contribution in [3.8, 4) is 11.4 Å². The monoisotopic (exact) mass is 409 g/mol. The molecule has 0 bridgehead atoms. The first-order chi connectivity index (χ1) is 13.6. The zero-order valence-electron chi connectivity index (χ0n) is 15.6. The first kappa shape index (κ1) is 18.7. The van der Waals surface area contributed by atoms with Crippen molar-refractivity contribution in [1.29, 1.82) is 0 Å². The predicted molar refractivity (Wildman–Crippen MR) is 112 cm³/mol. The Labute approximate surface area is 171 Å². The van der Waals surface area contributed by atoms with Gasteiger partial charge in [0.25, 0.3) is 0 Å². The molecule has 3 heterocycles. The van der Waals surface area contributed by atoms with Crippen molar-refractivity contribution in [2.24, 2.45) is 0 Å². The minimum absolute atomic E-state index is 0.110. The van der Waals surface area contributed by atoms with Crippen LogP contribution in [-0.2, 0) is 6.54 Å². The van der Waals surface area contributed by atoms with Crippen LogP contribution >= 0.6 is 23.1 Å². The van der Waals surface area contributed by atoms with E-state index in [2.05, 4.69) is 22.3 Å². The fourth-order valence-electron chi connectivity index (χ4n) is 2.91. The SMILES string of the molecule is Cc1ccc(C(=O)CSc2nnc(-c3ccoc3C)n2Cc2ccccc2)s1. The molecule has 0 fully saturated rings. The lowest BCUT2D eigenvalue weighted by Crippen LogP contribution is -2.06. The summed E-state index contributed by atoms with van der Waals surface area (Å²) >= 11 is 2.94. The Morgan fingerprint density at radius 2 is 1.93 bits per heavy atom. The minimum atomic E-state index is 0.110. The van der Waals surface area contributed by atoms with Crippen LogP contribution < -0.4 is 0 Å². The summed E-state index contributed by atoms with van der Waals surface area (Å²) in [6.45, 7) is 4.54. The summed E-state index contributed by atoms with van der Waals surface area (Å²) in [6, 6.07) is 15.9. The molecule has 3 aromatic heterocycles. The number of aryl methyl sites for hydroxylation is 2. The molecule has 0 spiro atoms. The summed E-state index contributed by atoms with van der Waals surface area (Å²) in [4.78, 5) is 14.4. The number of carbonyl (C=O) groups excluding carboxylic acids is 1. The summed E-state index contributed by atoms with van der Waals surface area (Å²) in [5.41, 5.74) is 2.06. The second-order valence-corrected chi connectivity index (χ2v) is 8.62. The van der Waals surface area contributed by atoms with E-state index in [1.807, 2.05) is 54.8 Å². The summed E-state index contributed by atoms with van der Waals surface area (Å²) < 4.78 is 7.50. The van der Waals surface area contributed by atoms with Crippen LogP contribution in [-0.4, -0.2) is 26.3 Å². The standard InChI is InChI=1S/C21H19N3O2S2/c1-14-8-9-19(28-14)18(25)13-27-21-23-22-20(17-10-11-26-15(17)2)24(21)12-16-6-4-3-5-7-16/h3-11H,12-13H2,1-2H3. The summed E-state index contributed by atoms with van der Waals surface area (Å²) in [5, 5.41) is 9.48. The Balaban J connectivity index is 1.62. The van der Waals surface area contributed by atoms with E-state index in [0.29, 0.717) is 12.3 Å². The maximum Gasteiger partial charge on any atom is 0.192 e. The average Bonchev–Trinajstić information content (AvgIpc) is 3.41. The van der Waals surface area contributed by atoms with Gasteiger partial charge >= 0.3 is 0 Å². The predicted octanol–water partition coefficient (Wildman–Crippen LogP) is 5.24. The fourth-order valence-corrected chi connectivity index (χ4v) is 4.62. The highest BCUT2D eigenvalue weighted by molar-refractivity contribution is 7.99. The van der Waals surface area contributed by atoms with Crippen molar-refractivity contribution in [3.05, 3.63) is 75.9 Å². The molecule has 0 saturated carbocycles. The third-order valence-electron chi connectivity index (χ3n) is 4.35. The maximum absolute atomic E-state index is 12.5. The van der Waals surface area contributed by atoms with Gasteiger partial charge in [-0.2, -0.15) is 0 Å². The van der Waals surface area contributed by atoms with Gasteiger partial charge in [0.05, 0.1) is 29.0 Å². The molecule has 7 heteroatoms. The van der Waals surface area contributed by atoms with Crippen molar-refractivity contribution in [3.63, 3.8) is 0 Å². The first-order valence-corrected chi connectivity index (χ1v) is 10.7. The Hall–Kier alpha value is -2.64. The van der Waals surface area contributed by atoms with Crippen molar-refractivity contribution in [1.82, 2.24) is 14.8 Å². The number of thioether (sulfide) groups is 1. The van der Waals surface area contributed by atoms with Crippen molar-refractivity contribution >= 4 is 28.9 Å². The third kappa shape index (κ3) is 3.95. The second-order valence-electron chi connectivity index (χ2n) is 6.39. The van der Waals surface area contributed by atoms with E-state index >= 15 is 0 Å². The van der Waals surface area contributed by atoms with Gasteiger partial charge in [0.1, 0.15) is 5.76 Å². The molecule has 4 aromatic rings. The Morgan fingerprint density at radius 3 is 2.61 bits per heavy atom. The highest BCUT2D eigenvalue weighted by Crippen LogP contribution is 2.28. The molecule has 28 heavy (non-hydrogen) atoms.